The van der Waals surface area contributed by atoms with Gasteiger partial charge in [0, 0.05) is 20.0 Å². The molecule has 6 heteroatoms. The molecule has 0 aliphatic carbocycles. The lowest BCUT2D eigenvalue weighted by Gasteiger charge is -2.09. The van der Waals surface area contributed by atoms with Crippen LogP contribution in [0.5, 0.6) is 0 Å². The van der Waals surface area contributed by atoms with Crippen molar-refractivity contribution in [3.8, 4) is 6.07 Å². The summed E-state index contributed by atoms with van der Waals surface area (Å²) in [5.74, 6) is 0.900. The van der Waals surface area contributed by atoms with Crippen LogP contribution in [-0.2, 0) is 13.5 Å². The van der Waals surface area contributed by atoms with E-state index in [2.05, 4.69) is 21.6 Å². The van der Waals surface area contributed by atoms with Crippen molar-refractivity contribution in [2.45, 2.75) is 6.42 Å². The molecule has 0 saturated carbocycles. The molecule has 1 heterocycles. The molecule has 0 unspecified atom stereocenters. The smallest absolute Gasteiger partial charge is 0.134 e. The molecule has 0 spiro atoms. The Labute approximate surface area is 105 Å². The van der Waals surface area contributed by atoms with E-state index in [0.29, 0.717) is 17.8 Å². The van der Waals surface area contributed by atoms with Gasteiger partial charge in [-0.05, 0) is 12.1 Å². The summed E-state index contributed by atoms with van der Waals surface area (Å²) in [6.07, 6.45) is 2.41. The van der Waals surface area contributed by atoms with Crippen molar-refractivity contribution in [2.24, 2.45) is 7.05 Å². The number of anilines is 2. The van der Waals surface area contributed by atoms with Crippen LogP contribution in [0.1, 0.15) is 11.4 Å². The number of hydrogen-bond acceptors (Lipinski definition) is 5. The first-order valence-corrected chi connectivity index (χ1v) is 5.57. The van der Waals surface area contributed by atoms with E-state index in [4.69, 9.17) is 11.0 Å². The summed E-state index contributed by atoms with van der Waals surface area (Å²) in [5, 5.41) is 19.9. The standard InChI is InChI=1S/C12H14N6/c1-18-8-16-17-11(18)5-6-15-10-4-2-3-9(7-13)12(10)14/h2-4,8,15H,5-6,14H2,1H3. The average molecular weight is 242 g/mol. The van der Waals surface area contributed by atoms with Gasteiger partial charge < -0.3 is 15.6 Å². The summed E-state index contributed by atoms with van der Waals surface area (Å²) in [4.78, 5) is 0. The second-order valence-corrected chi connectivity index (χ2v) is 3.91. The molecule has 1 aromatic carbocycles. The Morgan fingerprint density at radius 3 is 3.00 bits per heavy atom. The van der Waals surface area contributed by atoms with Crippen molar-refractivity contribution >= 4 is 11.4 Å². The fourth-order valence-corrected chi connectivity index (χ4v) is 1.66. The van der Waals surface area contributed by atoms with E-state index in [1.165, 1.54) is 0 Å². The minimum atomic E-state index is 0.484. The van der Waals surface area contributed by atoms with Gasteiger partial charge in [-0.1, -0.05) is 6.07 Å². The molecule has 0 amide bonds. The van der Waals surface area contributed by atoms with Crippen LogP contribution in [0.2, 0.25) is 0 Å². The van der Waals surface area contributed by atoms with Crippen molar-refractivity contribution in [2.75, 3.05) is 17.6 Å². The third-order valence-electron chi connectivity index (χ3n) is 2.70. The number of aromatic nitrogens is 3. The number of nitrogen functional groups attached to an aromatic ring is 1. The molecule has 0 aliphatic heterocycles. The number of nitriles is 1. The maximum absolute atomic E-state index is 8.88. The second kappa shape index (κ2) is 5.19. The van der Waals surface area contributed by atoms with Crippen molar-refractivity contribution in [1.29, 1.82) is 5.26 Å². The van der Waals surface area contributed by atoms with Gasteiger partial charge in [-0.2, -0.15) is 5.26 Å². The van der Waals surface area contributed by atoms with E-state index < -0.39 is 0 Å². The second-order valence-electron chi connectivity index (χ2n) is 3.91. The van der Waals surface area contributed by atoms with Crippen LogP contribution in [0.15, 0.2) is 24.5 Å². The highest BCUT2D eigenvalue weighted by atomic mass is 15.2. The Morgan fingerprint density at radius 1 is 1.50 bits per heavy atom. The summed E-state index contributed by atoms with van der Waals surface area (Å²) in [7, 11) is 1.90. The van der Waals surface area contributed by atoms with E-state index in [0.717, 1.165) is 17.9 Å². The predicted octanol–water partition coefficient (Wildman–Crippen LogP) is 0.924. The Hall–Kier alpha value is -2.55. The lowest BCUT2D eigenvalue weighted by atomic mass is 10.1. The third kappa shape index (κ3) is 2.40. The van der Waals surface area contributed by atoms with Crippen LogP contribution in [0.4, 0.5) is 11.4 Å². The topological polar surface area (TPSA) is 92.5 Å². The normalized spacial score (nSPS) is 10.0. The van der Waals surface area contributed by atoms with Gasteiger partial charge >= 0.3 is 0 Å². The molecule has 0 saturated heterocycles. The fraction of sp³-hybridized carbons (Fsp3) is 0.250. The Morgan fingerprint density at radius 2 is 2.33 bits per heavy atom. The minimum absolute atomic E-state index is 0.484. The number of rotatable bonds is 4. The lowest BCUT2D eigenvalue weighted by Crippen LogP contribution is -2.10. The highest BCUT2D eigenvalue weighted by molar-refractivity contribution is 5.72. The summed E-state index contributed by atoms with van der Waals surface area (Å²) >= 11 is 0. The van der Waals surface area contributed by atoms with E-state index in [1.54, 1.807) is 18.5 Å². The van der Waals surface area contributed by atoms with Gasteiger partial charge in [0.15, 0.2) is 0 Å². The molecule has 2 aromatic rings. The zero-order valence-corrected chi connectivity index (χ0v) is 10.1. The van der Waals surface area contributed by atoms with Gasteiger partial charge in [-0.25, -0.2) is 0 Å². The number of nitrogens with one attached hydrogen (secondary N) is 1. The molecule has 2 rings (SSSR count). The largest absolute Gasteiger partial charge is 0.396 e. The lowest BCUT2D eigenvalue weighted by molar-refractivity contribution is 0.788. The molecule has 0 fully saturated rings. The predicted molar refractivity (Wildman–Crippen MR) is 68.8 cm³/mol. The van der Waals surface area contributed by atoms with Gasteiger partial charge in [0.25, 0.3) is 0 Å². The molecule has 92 valence electrons. The highest BCUT2D eigenvalue weighted by Gasteiger charge is 2.04. The van der Waals surface area contributed by atoms with Crippen LogP contribution in [0.3, 0.4) is 0 Å². The van der Waals surface area contributed by atoms with Gasteiger partial charge in [0.1, 0.15) is 18.2 Å². The van der Waals surface area contributed by atoms with Crippen molar-refractivity contribution in [3.05, 3.63) is 35.9 Å². The molecular weight excluding hydrogens is 228 g/mol. The zero-order valence-electron chi connectivity index (χ0n) is 10.1. The number of aryl methyl sites for hydroxylation is 1. The molecular formula is C12H14N6. The maximum Gasteiger partial charge on any atom is 0.134 e. The first kappa shape index (κ1) is 11.9. The maximum atomic E-state index is 8.88. The monoisotopic (exact) mass is 242 g/mol. The SMILES string of the molecule is Cn1cnnc1CCNc1cccc(C#N)c1N. The Bertz CT molecular complexity index is 580. The quantitative estimate of drug-likeness (QED) is 0.778. The number of benzene rings is 1. The van der Waals surface area contributed by atoms with Crippen molar-refractivity contribution in [3.63, 3.8) is 0 Å². The summed E-state index contributed by atoms with van der Waals surface area (Å²) < 4.78 is 1.87. The zero-order chi connectivity index (χ0) is 13.0. The van der Waals surface area contributed by atoms with Crippen molar-refractivity contribution in [1.82, 2.24) is 14.8 Å². The van der Waals surface area contributed by atoms with Crippen LogP contribution in [-0.4, -0.2) is 21.3 Å². The average Bonchev–Trinajstić information content (AvgIpc) is 2.77. The summed E-state index contributed by atoms with van der Waals surface area (Å²) in [5.41, 5.74) is 7.61. The highest BCUT2D eigenvalue weighted by Crippen LogP contribution is 2.21. The first-order valence-electron chi connectivity index (χ1n) is 5.57. The third-order valence-corrected chi connectivity index (χ3v) is 2.70. The Kier molecular flexibility index (Phi) is 3.44. The first-order chi connectivity index (χ1) is 8.72. The molecule has 0 bridgehead atoms. The molecule has 0 atom stereocenters. The number of nitrogens with two attached hydrogens (primary N) is 1. The van der Waals surface area contributed by atoms with Crippen LogP contribution in [0, 0.1) is 11.3 Å². The fourth-order valence-electron chi connectivity index (χ4n) is 1.66. The minimum Gasteiger partial charge on any atom is -0.396 e. The van der Waals surface area contributed by atoms with Crippen molar-refractivity contribution < 1.29 is 0 Å². The van der Waals surface area contributed by atoms with Crippen LogP contribution < -0.4 is 11.1 Å². The van der Waals surface area contributed by atoms with E-state index in [1.807, 2.05) is 17.7 Å². The number of nitrogens with zero attached hydrogens (tertiary/aromatic N) is 4. The number of hydrogen-bond donors (Lipinski definition) is 2. The molecule has 1 aromatic heterocycles. The molecule has 0 aliphatic rings. The van der Waals surface area contributed by atoms with E-state index in [9.17, 15) is 0 Å². The van der Waals surface area contributed by atoms with E-state index >= 15 is 0 Å². The molecule has 3 N–H and O–H groups in total. The molecule has 6 nitrogen and oxygen atoms in total. The van der Waals surface area contributed by atoms with Crippen LogP contribution in [0.25, 0.3) is 0 Å². The van der Waals surface area contributed by atoms with Gasteiger partial charge in [0.2, 0.25) is 0 Å². The summed E-state index contributed by atoms with van der Waals surface area (Å²) in [6, 6.07) is 7.41. The van der Waals surface area contributed by atoms with E-state index in [-0.39, 0.29) is 0 Å². The number of para-hydroxylation sites is 1. The van der Waals surface area contributed by atoms with Gasteiger partial charge in [-0.15, -0.1) is 10.2 Å². The molecule has 18 heavy (non-hydrogen) atoms. The van der Waals surface area contributed by atoms with Gasteiger partial charge in [-0.3, -0.25) is 0 Å². The summed E-state index contributed by atoms with van der Waals surface area (Å²) in [6.45, 7) is 0.686. The molecule has 0 radical (unpaired) electrons. The Balaban J connectivity index is 1.99. The van der Waals surface area contributed by atoms with Gasteiger partial charge in [0.05, 0.1) is 16.9 Å². The van der Waals surface area contributed by atoms with Crippen LogP contribution >= 0.6 is 0 Å².